The molecule has 9 heteroatoms. The molecule has 3 N–H and O–H groups in total. The van der Waals surface area contributed by atoms with E-state index in [-0.39, 0.29) is 12.5 Å². The van der Waals surface area contributed by atoms with Crippen molar-refractivity contribution >= 4 is 5.82 Å². The Morgan fingerprint density at radius 2 is 1.90 bits per heavy atom. The van der Waals surface area contributed by atoms with Gasteiger partial charge in [-0.3, -0.25) is 0 Å². The van der Waals surface area contributed by atoms with Gasteiger partial charge in [-0.05, 0) is 29.7 Å². The minimum atomic E-state index is -4.41. The Morgan fingerprint density at radius 1 is 1.13 bits per heavy atom. The number of alkyl halides is 3. The third kappa shape index (κ3) is 5.01. The average Bonchev–Trinajstić information content (AvgIpc) is 3.06. The van der Waals surface area contributed by atoms with Crippen molar-refractivity contribution in [3.63, 3.8) is 0 Å². The number of benzene rings is 1. The van der Waals surface area contributed by atoms with Crippen LogP contribution in [0.3, 0.4) is 0 Å². The van der Waals surface area contributed by atoms with Gasteiger partial charge in [0.25, 0.3) is 0 Å². The smallest absolute Gasteiger partial charge is 0.390 e. The summed E-state index contributed by atoms with van der Waals surface area (Å²) >= 11 is 0. The summed E-state index contributed by atoms with van der Waals surface area (Å²) in [6.45, 7) is 3.01. The number of halogens is 3. The molecule has 31 heavy (non-hydrogen) atoms. The maximum atomic E-state index is 13.0. The topological polar surface area (TPSA) is 77.9 Å². The Kier molecular flexibility index (Phi) is 6.47. The van der Waals surface area contributed by atoms with Crippen LogP contribution >= 0.6 is 0 Å². The molecule has 2 aliphatic rings. The van der Waals surface area contributed by atoms with E-state index in [1.165, 1.54) is 6.07 Å². The van der Waals surface area contributed by atoms with E-state index in [1.807, 2.05) is 12.1 Å². The van der Waals surface area contributed by atoms with Gasteiger partial charge in [0.2, 0.25) is 0 Å². The first-order valence-corrected chi connectivity index (χ1v) is 10.4. The molecule has 1 aliphatic carbocycles. The zero-order chi connectivity index (χ0) is 22.0. The Balaban J connectivity index is 1.46. The number of pyridine rings is 1. The molecule has 0 spiro atoms. The normalized spacial score (nSPS) is 26.9. The molecule has 0 radical (unpaired) electrons. The van der Waals surface area contributed by atoms with E-state index in [9.17, 15) is 23.4 Å². The molecule has 4 rings (SSSR count). The molecular formula is C22H26F3N3O3. The molecule has 1 aliphatic heterocycles. The Morgan fingerprint density at radius 3 is 2.58 bits per heavy atom. The molecule has 2 fully saturated rings. The highest BCUT2D eigenvalue weighted by Crippen LogP contribution is 2.36. The van der Waals surface area contributed by atoms with Gasteiger partial charge < -0.3 is 25.2 Å². The van der Waals surface area contributed by atoms with Crippen LogP contribution in [-0.4, -0.2) is 59.8 Å². The average molecular weight is 437 g/mol. The number of anilines is 1. The molecule has 1 saturated heterocycles. The van der Waals surface area contributed by atoms with Gasteiger partial charge in [-0.15, -0.1) is 0 Å². The van der Waals surface area contributed by atoms with E-state index in [0.717, 1.165) is 36.6 Å². The second-order valence-corrected chi connectivity index (χ2v) is 8.05. The van der Waals surface area contributed by atoms with Crippen LogP contribution in [0.15, 0.2) is 42.6 Å². The Labute approximate surface area is 178 Å². The second-order valence-electron chi connectivity index (χ2n) is 8.05. The lowest BCUT2D eigenvalue weighted by Gasteiger charge is -2.28. The van der Waals surface area contributed by atoms with E-state index >= 15 is 0 Å². The van der Waals surface area contributed by atoms with E-state index in [0.29, 0.717) is 25.2 Å². The van der Waals surface area contributed by atoms with E-state index in [1.54, 1.807) is 12.3 Å². The van der Waals surface area contributed by atoms with Crippen LogP contribution in [0.5, 0.6) is 0 Å². The molecule has 0 bridgehead atoms. The minimum Gasteiger partial charge on any atom is -0.390 e. The number of aliphatic hydroxyl groups is 2. The van der Waals surface area contributed by atoms with Gasteiger partial charge in [-0.2, -0.15) is 13.2 Å². The zero-order valence-corrected chi connectivity index (χ0v) is 16.9. The number of ether oxygens (including phenoxy) is 1. The highest BCUT2D eigenvalue weighted by atomic mass is 19.4. The van der Waals surface area contributed by atoms with E-state index in [4.69, 9.17) is 4.74 Å². The molecule has 168 valence electrons. The molecule has 4 atom stereocenters. The summed E-state index contributed by atoms with van der Waals surface area (Å²) in [4.78, 5) is 6.68. The number of nitrogens with zero attached hydrogens (tertiary/aromatic N) is 2. The predicted octanol–water partition coefficient (Wildman–Crippen LogP) is 2.30. The minimum absolute atomic E-state index is 0.147. The van der Waals surface area contributed by atoms with E-state index in [2.05, 4.69) is 15.2 Å². The lowest BCUT2D eigenvalue weighted by atomic mass is 9.94. The number of morpholine rings is 1. The molecule has 6 nitrogen and oxygen atoms in total. The Hall–Kier alpha value is -2.20. The fourth-order valence-electron chi connectivity index (χ4n) is 4.32. The van der Waals surface area contributed by atoms with Gasteiger partial charge in [0.05, 0.1) is 31.0 Å². The van der Waals surface area contributed by atoms with Crippen molar-refractivity contribution in [2.24, 2.45) is 0 Å². The first-order valence-electron chi connectivity index (χ1n) is 10.4. The number of nitrogens with one attached hydrogen (secondary N) is 1. The number of hydrogen-bond acceptors (Lipinski definition) is 6. The molecule has 2 heterocycles. The van der Waals surface area contributed by atoms with Gasteiger partial charge in [0, 0.05) is 37.8 Å². The van der Waals surface area contributed by atoms with Gasteiger partial charge in [-0.1, -0.05) is 24.3 Å². The largest absolute Gasteiger partial charge is 0.416 e. The van der Waals surface area contributed by atoms with Crippen LogP contribution in [0.2, 0.25) is 0 Å². The summed E-state index contributed by atoms with van der Waals surface area (Å²) in [7, 11) is 0. The summed E-state index contributed by atoms with van der Waals surface area (Å²) in [5, 5.41) is 23.9. The summed E-state index contributed by atoms with van der Waals surface area (Å²) in [6.07, 6.45) is -4.24. The standard InChI is InChI=1S/C22H26F3N3O3/c23-22(24,25)16-3-1-2-14(10-16)12-27-20-17(11-18(29)21(20)30)15-4-5-19(26-13-15)28-6-8-31-9-7-28/h1-5,10,13,17-18,20-21,27,29-30H,6-9,11-12H2/t17-,18-,20-,21-/m1/s1. The maximum Gasteiger partial charge on any atom is 0.416 e. The van der Waals surface area contributed by atoms with Gasteiger partial charge in [0.15, 0.2) is 0 Å². The van der Waals surface area contributed by atoms with Crippen LogP contribution < -0.4 is 10.2 Å². The van der Waals surface area contributed by atoms with Crippen molar-refractivity contribution in [2.45, 2.75) is 43.3 Å². The maximum absolute atomic E-state index is 13.0. The SMILES string of the molecule is O[C@H]1[C@H](NCc2cccc(C(F)(F)F)c2)[C@@H](c2ccc(N3CCOCC3)nc2)C[C@H]1O. The van der Waals surface area contributed by atoms with Crippen LogP contribution in [0.4, 0.5) is 19.0 Å². The van der Waals surface area contributed by atoms with Crippen molar-refractivity contribution < 1.29 is 28.1 Å². The third-order valence-electron chi connectivity index (χ3n) is 6.02. The molecule has 1 aromatic heterocycles. The number of aromatic nitrogens is 1. The molecule has 0 unspecified atom stereocenters. The van der Waals surface area contributed by atoms with Crippen LogP contribution in [-0.2, 0) is 17.5 Å². The van der Waals surface area contributed by atoms with Gasteiger partial charge in [0.1, 0.15) is 5.82 Å². The quantitative estimate of drug-likeness (QED) is 0.667. The van der Waals surface area contributed by atoms with Crippen molar-refractivity contribution in [2.75, 3.05) is 31.2 Å². The molecule has 1 saturated carbocycles. The van der Waals surface area contributed by atoms with E-state index < -0.39 is 30.0 Å². The highest BCUT2D eigenvalue weighted by Gasteiger charge is 2.42. The van der Waals surface area contributed by atoms with Gasteiger partial charge >= 0.3 is 6.18 Å². The van der Waals surface area contributed by atoms with Crippen LogP contribution in [0.25, 0.3) is 0 Å². The summed E-state index contributed by atoms with van der Waals surface area (Å²) < 4.78 is 44.2. The summed E-state index contributed by atoms with van der Waals surface area (Å²) in [5.74, 6) is 0.640. The van der Waals surface area contributed by atoms with Crippen LogP contribution in [0, 0.1) is 0 Å². The highest BCUT2D eigenvalue weighted by molar-refractivity contribution is 5.41. The first kappa shape index (κ1) is 22.0. The predicted molar refractivity (Wildman–Crippen MR) is 109 cm³/mol. The van der Waals surface area contributed by atoms with Crippen LogP contribution in [0.1, 0.15) is 29.0 Å². The fraction of sp³-hybridized carbons (Fsp3) is 0.500. The zero-order valence-electron chi connectivity index (χ0n) is 16.9. The lowest BCUT2D eigenvalue weighted by Crippen LogP contribution is -2.42. The molecule has 1 aromatic carbocycles. The van der Waals surface area contributed by atoms with Crippen molar-refractivity contribution in [3.8, 4) is 0 Å². The molecule has 0 amide bonds. The Bertz CT molecular complexity index is 872. The second kappa shape index (κ2) is 9.12. The number of aliphatic hydroxyl groups excluding tert-OH is 2. The van der Waals surface area contributed by atoms with Crippen molar-refractivity contribution in [1.82, 2.24) is 10.3 Å². The van der Waals surface area contributed by atoms with Gasteiger partial charge in [-0.25, -0.2) is 4.98 Å². The molecule has 2 aromatic rings. The summed E-state index contributed by atoms with van der Waals surface area (Å²) in [6, 6.07) is 8.45. The lowest BCUT2D eigenvalue weighted by molar-refractivity contribution is -0.137. The monoisotopic (exact) mass is 437 g/mol. The van der Waals surface area contributed by atoms with Crippen molar-refractivity contribution in [1.29, 1.82) is 0 Å². The number of rotatable bonds is 5. The van der Waals surface area contributed by atoms with Crippen molar-refractivity contribution in [3.05, 3.63) is 59.3 Å². The third-order valence-corrected chi connectivity index (χ3v) is 6.02. The summed E-state index contributed by atoms with van der Waals surface area (Å²) in [5.41, 5.74) is 0.621. The number of hydrogen-bond donors (Lipinski definition) is 3. The molecular weight excluding hydrogens is 411 g/mol. The fourth-order valence-corrected chi connectivity index (χ4v) is 4.32. The first-order chi connectivity index (χ1) is 14.8.